The maximum Gasteiger partial charge on any atom is 0.255 e. The van der Waals surface area contributed by atoms with Gasteiger partial charge >= 0.3 is 0 Å². The van der Waals surface area contributed by atoms with Crippen LogP contribution < -0.4 is 10.6 Å². The summed E-state index contributed by atoms with van der Waals surface area (Å²) in [6, 6.07) is 12.1. The second kappa shape index (κ2) is 14.1. The summed E-state index contributed by atoms with van der Waals surface area (Å²) in [4.78, 5) is 59.5. The van der Waals surface area contributed by atoms with Gasteiger partial charge < -0.3 is 10.2 Å². The van der Waals surface area contributed by atoms with Crippen molar-refractivity contribution in [2.45, 2.75) is 76.4 Å². The molecule has 1 fully saturated rings. The van der Waals surface area contributed by atoms with Crippen molar-refractivity contribution in [2.24, 2.45) is 4.99 Å². The van der Waals surface area contributed by atoms with Crippen molar-refractivity contribution in [1.82, 2.24) is 30.3 Å². The van der Waals surface area contributed by atoms with E-state index in [9.17, 15) is 19.2 Å². The number of fused-ring (bicyclic) bond motifs is 4. The Morgan fingerprint density at radius 2 is 1.88 bits per heavy atom. The van der Waals surface area contributed by atoms with Crippen LogP contribution in [0.25, 0.3) is 5.00 Å². The van der Waals surface area contributed by atoms with Gasteiger partial charge in [0.05, 0.1) is 12.1 Å². The first-order valence-corrected chi connectivity index (χ1v) is 18.8. The first-order chi connectivity index (χ1) is 24.1. The van der Waals surface area contributed by atoms with E-state index in [4.69, 9.17) is 16.6 Å². The lowest BCUT2D eigenvalue weighted by Gasteiger charge is -2.29. The highest BCUT2D eigenvalue weighted by Crippen LogP contribution is 2.40. The summed E-state index contributed by atoms with van der Waals surface area (Å²) in [6.07, 6.45) is 2.33. The third-order valence-electron chi connectivity index (χ3n) is 9.43. The monoisotopic (exact) mass is 729 g/mol. The summed E-state index contributed by atoms with van der Waals surface area (Å²) >= 11 is 9.57. The van der Waals surface area contributed by atoms with Gasteiger partial charge in [-0.3, -0.25) is 34.1 Å². The first-order valence-electron chi connectivity index (χ1n) is 16.6. The standard InChI is InChI=1S/C36H36ClN7O4S2/c1-19-20(2)50-36-31(19)32(22-9-11-23(37)12-10-22)39-26(33-42-41-21(3)44(33)36)17-30(46)38-15-4-5-16-49-28-8-6-7-24-25(28)18-43(35(24)48)27-13-14-29(45)40-34(27)47/h6-12,26-27H,4-5,13-18H2,1-3H3,(H,38,46)(H,40,45,47)/t26-,27?/m0/s1. The van der Waals surface area contributed by atoms with Crippen molar-refractivity contribution in [1.29, 1.82) is 0 Å². The molecule has 50 heavy (non-hydrogen) atoms. The fourth-order valence-corrected chi connectivity index (χ4v) is 9.14. The Hall–Kier alpha value is -4.33. The average molecular weight is 730 g/mol. The van der Waals surface area contributed by atoms with Gasteiger partial charge in [0.15, 0.2) is 5.82 Å². The number of aryl methyl sites for hydroxylation is 2. The molecule has 0 radical (unpaired) electrons. The van der Waals surface area contributed by atoms with Crippen LogP contribution in [0, 0.1) is 20.8 Å². The molecular weight excluding hydrogens is 694 g/mol. The van der Waals surface area contributed by atoms with Crippen LogP contribution in [-0.4, -0.2) is 67.3 Å². The van der Waals surface area contributed by atoms with E-state index < -0.39 is 18.0 Å². The average Bonchev–Trinajstić information content (AvgIpc) is 3.70. The summed E-state index contributed by atoms with van der Waals surface area (Å²) in [6.45, 7) is 6.99. The van der Waals surface area contributed by atoms with Crippen molar-refractivity contribution < 1.29 is 19.2 Å². The molecule has 2 N–H and O–H groups in total. The molecule has 1 saturated heterocycles. The van der Waals surface area contributed by atoms with E-state index in [2.05, 4.69) is 34.7 Å². The van der Waals surface area contributed by atoms with Gasteiger partial charge in [-0.05, 0) is 81.2 Å². The smallest absolute Gasteiger partial charge is 0.255 e. The number of imide groups is 1. The van der Waals surface area contributed by atoms with Crippen molar-refractivity contribution in [3.8, 4) is 5.00 Å². The normalized spacial score (nSPS) is 18.3. The first kappa shape index (κ1) is 34.1. The highest BCUT2D eigenvalue weighted by atomic mass is 35.5. The Morgan fingerprint density at radius 1 is 1.08 bits per heavy atom. The van der Waals surface area contributed by atoms with Gasteiger partial charge in [-0.1, -0.05) is 29.8 Å². The predicted molar refractivity (Wildman–Crippen MR) is 193 cm³/mol. The van der Waals surface area contributed by atoms with Crippen LogP contribution in [0.15, 0.2) is 52.4 Å². The van der Waals surface area contributed by atoms with Gasteiger partial charge in [-0.25, -0.2) is 0 Å². The van der Waals surface area contributed by atoms with E-state index in [0.29, 0.717) is 35.9 Å². The van der Waals surface area contributed by atoms with Crippen molar-refractivity contribution in [3.05, 3.63) is 91.8 Å². The number of amides is 4. The zero-order valence-corrected chi connectivity index (χ0v) is 30.3. The Kier molecular flexibility index (Phi) is 9.64. The number of nitrogens with zero attached hydrogens (tertiary/aromatic N) is 5. The van der Waals surface area contributed by atoms with E-state index in [-0.39, 0.29) is 30.6 Å². The maximum atomic E-state index is 13.3. The minimum Gasteiger partial charge on any atom is -0.356 e. The molecule has 1 unspecified atom stereocenters. The summed E-state index contributed by atoms with van der Waals surface area (Å²) in [5, 5.41) is 15.9. The summed E-state index contributed by atoms with van der Waals surface area (Å²) in [5.41, 5.74) is 5.43. The molecule has 0 spiro atoms. The number of aliphatic imine (C=N–C) groups is 1. The van der Waals surface area contributed by atoms with E-state index >= 15 is 0 Å². The molecule has 4 aromatic rings. The SMILES string of the molecule is Cc1sc2c(c1C)C(c1ccc(Cl)cc1)=N[C@@H](CC(=O)NCCCCSc1cccc3c1CN(C1CCC(=O)NC1=O)C3=O)c1nnc(C)n1-2. The Bertz CT molecular complexity index is 2050. The van der Waals surface area contributed by atoms with E-state index in [1.54, 1.807) is 34.1 Å². The second-order valence-electron chi connectivity index (χ2n) is 12.7. The largest absolute Gasteiger partial charge is 0.356 e. The molecule has 258 valence electrons. The zero-order valence-electron chi connectivity index (χ0n) is 27.9. The summed E-state index contributed by atoms with van der Waals surface area (Å²) in [5.74, 6) is 1.20. The molecule has 0 bridgehead atoms. The number of hydrogen-bond acceptors (Lipinski definition) is 9. The Balaban J connectivity index is 0.971. The van der Waals surface area contributed by atoms with Crippen molar-refractivity contribution in [2.75, 3.05) is 12.3 Å². The van der Waals surface area contributed by atoms with Crippen molar-refractivity contribution >= 4 is 64.0 Å². The molecule has 11 nitrogen and oxygen atoms in total. The number of piperidine rings is 1. The molecule has 0 aliphatic carbocycles. The van der Waals surface area contributed by atoms with Crippen LogP contribution in [0.1, 0.15) is 87.3 Å². The molecule has 14 heteroatoms. The second-order valence-corrected chi connectivity index (χ2v) is 15.5. The number of benzene rings is 2. The molecule has 0 saturated carbocycles. The lowest BCUT2D eigenvalue weighted by Crippen LogP contribution is -2.52. The van der Waals surface area contributed by atoms with Gasteiger partial charge in [0, 0.05) is 51.0 Å². The highest BCUT2D eigenvalue weighted by molar-refractivity contribution is 7.99. The molecule has 3 aliphatic rings. The summed E-state index contributed by atoms with van der Waals surface area (Å²) < 4.78 is 2.04. The number of thiophene rings is 1. The number of halogens is 1. The van der Waals surface area contributed by atoms with Gasteiger partial charge in [0.1, 0.15) is 22.9 Å². The molecule has 2 atom stereocenters. The lowest BCUT2D eigenvalue weighted by atomic mass is 9.99. The minimum atomic E-state index is -0.636. The molecule has 7 rings (SSSR count). The maximum absolute atomic E-state index is 13.3. The van der Waals surface area contributed by atoms with Crippen LogP contribution >= 0.6 is 34.7 Å². The number of hydrogen-bond donors (Lipinski definition) is 2. The van der Waals surface area contributed by atoms with Crippen LogP contribution in [0.5, 0.6) is 0 Å². The van der Waals surface area contributed by atoms with Crippen LogP contribution in [0.2, 0.25) is 5.02 Å². The number of thioether (sulfide) groups is 1. The molecule has 3 aliphatic heterocycles. The summed E-state index contributed by atoms with van der Waals surface area (Å²) in [7, 11) is 0. The number of carbonyl (C=O) groups excluding carboxylic acids is 4. The molecule has 4 amide bonds. The third kappa shape index (κ3) is 6.49. The quantitative estimate of drug-likeness (QED) is 0.122. The number of aromatic nitrogens is 3. The lowest BCUT2D eigenvalue weighted by molar-refractivity contribution is -0.137. The zero-order chi connectivity index (χ0) is 35.1. The fourth-order valence-electron chi connectivity index (χ4n) is 6.71. The number of carbonyl (C=O) groups is 4. The number of rotatable bonds is 10. The van der Waals surface area contributed by atoms with Crippen LogP contribution in [0.3, 0.4) is 0 Å². The van der Waals surface area contributed by atoms with E-state index in [1.165, 1.54) is 4.88 Å². The molecule has 2 aromatic carbocycles. The highest BCUT2D eigenvalue weighted by Gasteiger charge is 2.40. The third-order valence-corrected chi connectivity index (χ3v) is 12.1. The van der Waals surface area contributed by atoms with Gasteiger partial charge in [-0.15, -0.1) is 33.3 Å². The minimum absolute atomic E-state index is 0.111. The number of unbranched alkanes of at least 4 members (excludes halogenated alkanes) is 1. The van der Waals surface area contributed by atoms with E-state index in [1.807, 2.05) is 47.9 Å². The van der Waals surface area contributed by atoms with Crippen LogP contribution in [-0.2, 0) is 20.9 Å². The Morgan fingerprint density at radius 3 is 2.66 bits per heavy atom. The van der Waals surface area contributed by atoms with Gasteiger partial charge in [0.25, 0.3) is 5.91 Å². The van der Waals surface area contributed by atoms with Crippen LogP contribution in [0.4, 0.5) is 0 Å². The predicted octanol–water partition coefficient (Wildman–Crippen LogP) is 5.64. The van der Waals surface area contributed by atoms with E-state index in [0.717, 1.165) is 62.3 Å². The topological polar surface area (TPSA) is 139 Å². The molecule has 2 aromatic heterocycles. The molecule has 5 heterocycles. The Labute approximate surface area is 302 Å². The fraction of sp³-hybridized carbons (Fsp3) is 0.361. The van der Waals surface area contributed by atoms with Crippen molar-refractivity contribution in [3.63, 3.8) is 0 Å². The van der Waals surface area contributed by atoms with Gasteiger partial charge in [-0.2, -0.15) is 0 Å². The number of nitrogens with one attached hydrogen (secondary N) is 2. The van der Waals surface area contributed by atoms with Gasteiger partial charge in [0.2, 0.25) is 17.7 Å². The molecular formula is C36H36ClN7O4S2.